The molecular formula is C11H17N3O2S2. The molecule has 1 fully saturated rings. The number of anilines is 1. The van der Waals surface area contributed by atoms with Crippen LogP contribution in [-0.2, 0) is 10.0 Å². The summed E-state index contributed by atoms with van der Waals surface area (Å²) in [5, 5.41) is 3.29. The number of aromatic nitrogens is 1. The predicted molar refractivity (Wildman–Crippen MR) is 74.5 cm³/mol. The largest absolute Gasteiger partial charge is 0.366 e. The van der Waals surface area contributed by atoms with Gasteiger partial charge in [-0.3, -0.25) is 0 Å². The van der Waals surface area contributed by atoms with Crippen LogP contribution in [0.4, 0.5) is 5.82 Å². The molecular weight excluding hydrogens is 270 g/mol. The normalized spacial score (nSPS) is 21.1. The highest BCUT2D eigenvalue weighted by molar-refractivity contribution is 7.98. The van der Waals surface area contributed by atoms with Gasteiger partial charge in [-0.1, -0.05) is 0 Å². The molecule has 0 aromatic carbocycles. The lowest BCUT2D eigenvalue weighted by atomic mass is 10.2. The first kappa shape index (κ1) is 13.6. The molecule has 1 aromatic heterocycles. The van der Waals surface area contributed by atoms with Crippen LogP contribution in [-0.4, -0.2) is 49.3 Å². The molecule has 0 aliphatic carbocycles. The van der Waals surface area contributed by atoms with Crippen LogP contribution in [0, 0.1) is 0 Å². The third-order valence-electron chi connectivity index (χ3n) is 2.94. The Hall–Kier alpha value is -0.790. The van der Waals surface area contributed by atoms with Crippen LogP contribution >= 0.6 is 11.8 Å². The van der Waals surface area contributed by atoms with Gasteiger partial charge in [0.05, 0.1) is 6.26 Å². The molecule has 2 rings (SSSR count). The van der Waals surface area contributed by atoms with Gasteiger partial charge in [-0.15, -0.1) is 11.8 Å². The Kier molecular flexibility index (Phi) is 4.14. The van der Waals surface area contributed by atoms with Crippen molar-refractivity contribution in [3.8, 4) is 0 Å². The SMILES string of the molecule is CSc1ccnc(NC2CCN(S(C)(=O)=O)C2)c1. The van der Waals surface area contributed by atoms with E-state index in [2.05, 4.69) is 10.3 Å². The van der Waals surface area contributed by atoms with Crippen molar-refractivity contribution in [1.29, 1.82) is 0 Å². The molecule has 0 bridgehead atoms. The molecule has 1 aliphatic heterocycles. The van der Waals surface area contributed by atoms with Crippen molar-refractivity contribution in [2.24, 2.45) is 0 Å². The van der Waals surface area contributed by atoms with Gasteiger partial charge in [-0.25, -0.2) is 17.7 Å². The van der Waals surface area contributed by atoms with E-state index in [9.17, 15) is 8.42 Å². The lowest BCUT2D eigenvalue weighted by Crippen LogP contribution is -2.30. The first-order chi connectivity index (χ1) is 8.49. The minimum Gasteiger partial charge on any atom is -0.366 e. The third-order valence-corrected chi connectivity index (χ3v) is 4.93. The van der Waals surface area contributed by atoms with E-state index in [1.807, 2.05) is 18.4 Å². The summed E-state index contributed by atoms with van der Waals surface area (Å²) in [6, 6.07) is 4.07. The fourth-order valence-corrected chi connectivity index (χ4v) is 3.29. The van der Waals surface area contributed by atoms with E-state index in [0.29, 0.717) is 13.1 Å². The van der Waals surface area contributed by atoms with E-state index in [1.54, 1.807) is 18.0 Å². The highest BCUT2D eigenvalue weighted by Crippen LogP contribution is 2.20. The number of hydrogen-bond acceptors (Lipinski definition) is 5. The maximum atomic E-state index is 11.4. The number of sulfonamides is 1. The molecule has 1 N–H and O–H groups in total. The Balaban J connectivity index is 1.99. The highest BCUT2D eigenvalue weighted by atomic mass is 32.2. The van der Waals surface area contributed by atoms with Crippen molar-refractivity contribution in [3.63, 3.8) is 0 Å². The molecule has 7 heteroatoms. The number of nitrogens with one attached hydrogen (secondary N) is 1. The first-order valence-corrected chi connectivity index (χ1v) is 8.78. The van der Waals surface area contributed by atoms with Crippen LogP contribution in [0.1, 0.15) is 6.42 Å². The summed E-state index contributed by atoms with van der Waals surface area (Å²) in [6.45, 7) is 1.10. The summed E-state index contributed by atoms with van der Waals surface area (Å²) >= 11 is 1.66. The summed E-state index contributed by atoms with van der Waals surface area (Å²) in [6.07, 6.45) is 5.84. The number of hydrogen-bond donors (Lipinski definition) is 1. The van der Waals surface area contributed by atoms with Gasteiger partial charge in [-0.05, 0) is 24.8 Å². The lowest BCUT2D eigenvalue weighted by Gasteiger charge is -2.15. The van der Waals surface area contributed by atoms with Crippen LogP contribution in [0.3, 0.4) is 0 Å². The van der Waals surface area contributed by atoms with Gasteiger partial charge in [0.15, 0.2) is 0 Å². The maximum Gasteiger partial charge on any atom is 0.211 e. The Morgan fingerprint density at radius 2 is 2.33 bits per heavy atom. The van der Waals surface area contributed by atoms with Crippen LogP contribution in [0.2, 0.25) is 0 Å². The van der Waals surface area contributed by atoms with E-state index in [4.69, 9.17) is 0 Å². The van der Waals surface area contributed by atoms with E-state index in [0.717, 1.165) is 17.1 Å². The van der Waals surface area contributed by atoms with E-state index >= 15 is 0 Å². The summed E-state index contributed by atoms with van der Waals surface area (Å²) in [5.74, 6) is 0.808. The van der Waals surface area contributed by atoms with Gasteiger partial charge >= 0.3 is 0 Å². The summed E-state index contributed by atoms with van der Waals surface area (Å²) in [4.78, 5) is 5.39. The zero-order valence-corrected chi connectivity index (χ0v) is 12.1. The van der Waals surface area contributed by atoms with E-state index in [1.165, 1.54) is 10.6 Å². The first-order valence-electron chi connectivity index (χ1n) is 5.71. The zero-order valence-electron chi connectivity index (χ0n) is 10.5. The number of pyridine rings is 1. The molecule has 1 saturated heterocycles. The van der Waals surface area contributed by atoms with Crippen molar-refractivity contribution in [2.75, 3.05) is 30.9 Å². The van der Waals surface area contributed by atoms with Crippen LogP contribution in [0.25, 0.3) is 0 Å². The van der Waals surface area contributed by atoms with E-state index < -0.39 is 10.0 Å². The van der Waals surface area contributed by atoms with Crippen molar-refractivity contribution < 1.29 is 8.42 Å². The molecule has 1 aromatic rings. The Bertz CT molecular complexity index is 519. The second kappa shape index (κ2) is 5.46. The Morgan fingerprint density at radius 1 is 1.56 bits per heavy atom. The second-order valence-corrected chi connectivity index (χ2v) is 7.19. The van der Waals surface area contributed by atoms with Gasteiger partial charge < -0.3 is 5.32 Å². The molecule has 1 atom stereocenters. The fraction of sp³-hybridized carbons (Fsp3) is 0.545. The number of rotatable bonds is 4. The average molecular weight is 287 g/mol. The number of nitrogens with zero attached hydrogens (tertiary/aromatic N) is 2. The standard InChI is InChI=1S/C11H17N3O2S2/c1-17-10-3-5-12-11(7-10)13-9-4-6-14(8-9)18(2,15)16/h3,5,7,9H,4,6,8H2,1-2H3,(H,12,13). The molecule has 0 amide bonds. The zero-order chi connectivity index (χ0) is 13.2. The maximum absolute atomic E-state index is 11.4. The molecule has 1 unspecified atom stereocenters. The minimum atomic E-state index is -3.07. The molecule has 1 aliphatic rings. The van der Waals surface area contributed by atoms with Crippen LogP contribution in [0.5, 0.6) is 0 Å². The Labute approximate surface area is 112 Å². The van der Waals surface area contributed by atoms with Crippen LogP contribution in [0.15, 0.2) is 23.2 Å². The number of thioether (sulfide) groups is 1. The molecule has 0 radical (unpaired) electrons. The van der Waals surface area contributed by atoms with Gasteiger partial charge in [-0.2, -0.15) is 0 Å². The molecule has 2 heterocycles. The summed E-state index contributed by atoms with van der Waals surface area (Å²) in [5.41, 5.74) is 0. The topological polar surface area (TPSA) is 62.3 Å². The minimum absolute atomic E-state index is 0.143. The van der Waals surface area contributed by atoms with Crippen LogP contribution < -0.4 is 5.32 Å². The second-order valence-electron chi connectivity index (χ2n) is 4.33. The average Bonchev–Trinajstić information content (AvgIpc) is 2.77. The molecule has 100 valence electrons. The van der Waals surface area contributed by atoms with Crippen molar-refractivity contribution in [3.05, 3.63) is 18.3 Å². The highest BCUT2D eigenvalue weighted by Gasteiger charge is 2.28. The summed E-state index contributed by atoms with van der Waals surface area (Å²) < 4.78 is 24.3. The third kappa shape index (κ3) is 3.37. The smallest absolute Gasteiger partial charge is 0.211 e. The van der Waals surface area contributed by atoms with Gasteiger partial charge in [0.1, 0.15) is 5.82 Å². The van der Waals surface area contributed by atoms with Gasteiger partial charge in [0.25, 0.3) is 0 Å². The summed E-state index contributed by atoms with van der Waals surface area (Å²) in [7, 11) is -3.07. The molecule has 0 saturated carbocycles. The molecule has 0 spiro atoms. The quantitative estimate of drug-likeness (QED) is 0.845. The van der Waals surface area contributed by atoms with Crippen molar-refractivity contribution >= 4 is 27.6 Å². The Morgan fingerprint density at radius 3 is 2.94 bits per heavy atom. The fourth-order valence-electron chi connectivity index (χ4n) is 1.97. The van der Waals surface area contributed by atoms with E-state index in [-0.39, 0.29) is 6.04 Å². The van der Waals surface area contributed by atoms with Gasteiger partial charge in [0.2, 0.25) is 10.0 Å². The van der Waals surface area contributed by atoms with Gasteiger partial charge in [0, 0.05) is 30.2 Å². The lowest BCUT2D eigenvalue weighted by molar-refractivity contribution is 0.480. The predicted octanol–water partition coefficient (Wildman–Crippen LogP) is 1.25. The molecule has 5 nitrogen and oxygen atoms in total. The van der Waals surface area contributed by atoms with Crippen molar-refractivity contribution in [1.82, 2.24) is 9.29 Å². The monoisotopic (exact) mass is 287 g/mol. The van der Waals surface area contributed by atoms with Crippen molar-refractivity contribution in [2.45, 2.75) is 17.4 Å². The molecule has 18 heavy (non-hydrogen) atoms.